The summed E-state index contributed by atoms with van der Waals surface area (Å²) in [4.78, 5) is 0. The normalized spacial score (nSPS) is 12.9. The summed E-state index contributed by atoms with van der Waals surface area (Å²) in [6.07, 6.45) is 0. The van der Waals surface area contributed by atoms with Crippen molar-refractivity contribution in [2.75, 3.05) is 41.7 Å². The molecule has 0 N–H and O–H groups in total. The van der Waals surface area contributed by atoms with Gasteiger partial charge in [-0.15, -0.1) is 0 Å². The van der Waals surface area contributed by atoms with Crippen molar-refractivity contribution in [1.29, 1.82) is 0 Å². The fourth-order valence-corrected chi connectivity index (χ4v) is 8.77. The van der Waals surface area contributed by atoms with Crippen molar-refractivity contribution in [3.05, 3.63) is 46.5 Å². The third-order valence-electron chi connectivity index (χ3n) is 6.96. The molecule has 0 bridgehead atoms. The van der Waals surface area contributed by atoms with E-state index in [4.69, 9.17) is 27.6 Å². The van der Waals surface area contributed by atoms with Crippen molar-refractivity contribution in [1.82, 2.24) is 0 Å². The zero-order valence-electron chi connectivity index (χ0n) is 25.5. The van der Waals surface area contributed by atoms with Crippen molar-refractivity contribution in [2.45, 2.75) is 72.6 Å². The summed E-state index contributed by atoms with van der Waals surface area (Å²) in [6.45, 7) is 16.7. The smallest absolute Gasteiger partial charge is 0.361 e. The van der Waals surface area contributed by atoms with Crippen molar-refractivity contribution in [2.24, 2.45) is 0 Å². The molecule has 0 aliphatic carbocycles. The highest BCUT2D eigenvalue weighted by Crippen LogP contribution is 2.55. The fraction of sp³-hybridized carbons (Fsp3) is 0.586. The molecule has 0 fully saturated rings. The van der Waals surface area contributed by atoms with Crippen LogP contribution in [-0.2, 0) is 32.6 Å². The van der Waals surface area contributed by atoms with Crippen molar-refractivity contribution < 1.29 is 36.7 Å². The van der Waals surface area contributed by atoms with E-state index in [9.17, 15) is 9.13 Å². The summed E-state index contributed by atoms with van der Waals surface area (Å²) >= 11 is 0. The van der Waals surface area contributed by atoms with E-state index in [1.165, 1.54) is 28.4 Å². The highest BCUT2D eigenvalue weighted by Gasteiger charge is 2.43. The van der Waals surface area contributed by atoms with Gasteiger partial charge in [0.15, 0.2) is 0 Å². The van der Waals surface area contributed by atoms with Crippen LogP contribution in [0.5, 0.6) is 11.5 Å². The molecular formula is C29H46O8P2. The molecule has 2 rings (SSSR count). The molecule has 8 nitrogen and oxygen atoms in total. The van der Waals surface area contributed by atoms with E-state index in [0.717, 1.165) is 11.1 Å². The lowest BCUT2D eigenvalue weighted by atomic mass is 9.75. The molecule has 220 valence electrons. The summed E-state index contributed by atoms with van der Waals surface area (Å²) in [5, 5.41) is 0.878. The van der Waals surface area contributed by atoms with Gasteiger partial charge in [-0.25, -0.2) is 0 Å². The van der Waals surface area contributed by atoms with E-state index >= 15 is 0 Å². The topological polar surface area (TPSA) is 89.5 Å². The average Bonchev–Trinajstić information content (AvgIpc) is 2.91. The van der Waals surface area contributed by atoms with E-state index in [2.05, 4.69) is 0 Å². The molecule has 2 aromatic carbocycles. The van der Waals surface area contributed by atoms with Gasteiger partial charge in [0.05, 0.1) is 23.8 Å². The highest BCUT2D eigenvalue weighted by molar-refractivity contribution is 7.62. The van der Waals surface area contributed by atoms with Gasteiger partial charge in [0.25, 0.3) is 0 Å². The monoisotopic (exact) mass is 584 g/mol. The van der Waals surface area contributed by atoms with Gasteiger partial charge in [0, 0.05) is 45.0 Å². The van der Waals surface area contributed by atoms with Crippen LogP contribution in [0.1, 0.15) is 89.5 Å². The molecular weight excluding hydrogens is 538 g/mol. The lowest BCUT2D eigenvalue weighted by Crippen LogP contribution is -2.36. The van der Waals surface area contributed by atoms with Gasteiger partial charge in [0.2, 0.25) is 0 Å². The van der Waals surface area contributed by atoms with Crippen LogP contribution in [0.2, 0.25) is 0 Å². The van der Waals surface area contributed by atoms with Crippen LogP contribution in [-0.4, -0.2) is 41.7 Å². The Kier molecular flexibility index (Phi) is 11.5. The lowest BCUT2D eigenvalue weighted by molar-refractivity contribution is 0.286. The predicted octanol–water partition coefficient (Wildman–Crippen LogP) is 7.28. The number of benzene rings is 2. The second kappa shape index (κ2) is 13.3. The van der Waals surface area contributed by atoms with Gasteiger partial charge in [-0.2, -0.15) is 0 Å². The number of rotatable bonds is 14. The summed E-state index contributed by atoms with van der Waals surface area (Å²) in [7, 11) is -2.07. The van der Waals surface area contributed by atoms with E-state index in [0.29, 0.717) is 46.4 Å². The SMILES string of the molecule is CCOc1ccc(C(C)(C)c2ccc(OCC)c(C(C)C)c2P(=O)(OC)OC)c(P(=O)(OC)OC)c1C(C)C. The maximum Gasteiger partial charge on any atom is 0.361 e. The zero-order chi connectivity index (χ0) is 29.8. The van der Waals surface area contributed by atoms with Crippen LogP contribution in [0.25, 0.3) is 0 Å². The average molecular weight is 585 g/mol. The summed E-state index contributed by atoms with van der Waals surface area (Å²) in [5.41, 5.74) is 2.01. The molecule has 0 atom stereocenters. The summed E-state index contributed by atoms with van der Waals surface area (Å²) in [5.74, 6) is 1.10. The lowest BCUT2D eigenvalue weighted by Gasteiger charge is -2.36. The Morgan fingerprint density at radius 2 is 0.949 bits per heavy atom. The molecule has 39 heavy (non-hydrogen) atoms. The first-order valence-corrected chi connectivity index (χ1v) is 16.4. The minimum absolute atomic E-state index is 0.0639. The summed E-state index contributed by atoms with van der Waals surface area (Å²) in [6, 6.07) is 7.55. The first-order valence-electron chi connectivity index (χ1n) is 13.3. The standard InChI is InChI=1S/C29H46O8P2/c1-13-36-23-17-15-21(27(25(23)19(3)4)38(30,32-9)33-10)29(7,8)22-16-18-24(37-14-2)26(20(5)6)28(22)39(31,34-11)35-12/h15-20H,13-14H2,1-12H3. The second-order valence-corrected chi connectivity index (χ2v) is 14.6. The highest BCUT2D eigenvalue weighted by atomic mass is 31.2. The number of ether oxygens (including phenoxy) is 2. The Bertz CT molecular complexity index is 1130. The van der Waals surface area contributed by atoms with Crippen LogP contribution in [0.3, 0.4) is 0 Å². The molecule has 0 aromatic heterocycles. The Hall–Kier alpha value is -1.66. The maximum absolute atomic E-state index is 14.2. The minimum Gasteiger partial charge on any atom is -0.494 e. The van der Waals surface area contributed by atoms with Crippen molar-refractivity contribution in [3.8, 4) is 11.5 Å². The largest absolute Gasteiger partial charge is 0.494 e. The molecule has 10 heteroatoms. The molecule has 0 aliphatic rings. The van der Waals surface area contributed by atoms with Gasteiger partial charge < -0.3 is 27.6 Å². The Labute approximate surface area is 234 Å². The first kappa shape index (κ1) is 33.5. The summed E-state index contributed by atoms with van der Waals surface area (Å²) < 4.78 is 62.7. The second-order valence-electron chi connectivity index (χ2n) is 10.3. The van der Waals surface area contributed by atoms with Crippen molar-refractivity contribution in [3.63, 3.8) is 0 Å². The third-order valence-corrected chi connectivity index (χ3v) is 10.9. The molecule has 0 heterocycles. The Morgan fingerprint density at radius 3 is 1.18 bits per heavy atom. The molecule has 0 spiro atoms. The van der Waals surface area contributed by atoms with Crippen molar-refractivity contribution >= 4 is 25.8 Å². The van der Waals surface area contributed by atoms with Gasteiger partial charge in [-0.05, 0) is 48.9 Å². The molecule has 0 amide bonds. The molecule has 0 saturated heterocycles. The van der Waals surface area contributed by atoms with E-state index in [1.54, 1.807) is 0 Å². The van der Waals surface area contributed by atoms with Gasteiger partial charge >= 0.3 is 15.2 Å². The molecule has 0 aliphatic heterocycles. The van der Waals surface area contributed by atoms with E-state index < -0.39 is 20.6 Å². The van der Waals surface area contributed by atoms with Crippen LogP contribution >= 0.6 is 15.2 Å². The van der Waals surface area contributed by atoms with Crippen LogP contribution in [0, 0.1) is 0 Å². The predicted molar refractivity (Wildman–Crippen MR) is 158 cm³/mol. The number of hydrogen-bond acceptors (Lipinski definition) is 8. The zero-order valence-corrected chi connectivity index (χ0v) is 27.3. The maximum atomic E-state index is 14.2. The van der Waals surface area contributed by atoms with E-state index in [1.807, 2.05) is 79.7 Å². The molecule has 0 unspecified atom stereocenters. The van der Waals surface area contributed by atoms with Crippen LogP contribution in [0.4, 0.5) is 0 Å². The quantitative estimate of drug-likeness (QED) is 0.214. The molecule has 2 aromatic rings. The molecule has 0 radical (unpaired) electrons. The van der Waals surface area contributed by atoms with Gasteiger partial charge in [0.1, 0.15) is 11.5 Å². The van der Waals surface area contributed by atoms with E-state index in [-0.39, 0.29) is 11.8 Å². The third kappa shape index (κ3) is 6.32. The first-order chi connectivity index (χ1) is 18.2. The fourth-order valence-electron chi connectivity index (χ4n) is 5.12. The van der Waals surface area contributed by atoms with Crippen LogP contribution < -0.4 is 20.1 Å². The number of hydrogen-bond donors (Lipinski definition) is 0. The minimum atomic E-state index is -3.79. The molecule has 0 saturated carbocycles. The van der Waals surface area contributed by atoms with Gasteiger partial charge in [-0.3, -0.25) is 9.13 Å². The Morgan fingerprint density at radius 1 is 0.641 bits per heavy atom. The van der Waals surface area contributed by atoms with Crippen LogP contribution in [0.15, 0.2) is 24.3 Å². The van der Waals surface area contributed by atoms with Gasteiger partial charge in [-0.1, -0.05) is 53.7 Å². The Balaban J connectivity index is 3.19.